The van der Waals surface area contributed by atoms with Gasteiger partial charge < -0.3 is 15.8 Å². The standard InChI is InChI=1S/C21H22N2.C9H16N2O2S.BrH/c22-16-17-23-21(18-10-4-1-5-11-18,19-12-6-2-7-13-19)20-14-8-3-9-15-20;1-9(2,3)13-8(12)11-6-4-5-10-7-14;/h1-15,23H,16-17,22H2;4-6H2,1-3H3,(H,11,12);1H. The molecule has 0 heterocycles. The van der Waals surface area contributed by atoms with Crippen LogP contribution in [-0.2, 0) is 10.3 Å². The summed E-state index contributed by atoms with van der Waals surface area (Å²) in [5, 5.41) is 8.58. The van der Waals surface area contributed by atoms with Gasteiger partial charge in [-0.2, -0.15) is 0 Å². The summed E-state index contributed by atoms with van der Waals surface area (Å²) in [6, 6.07) is 31.7. The van der Waals surface area contributed by atoms with Crippen LogP contribution in [0.2, 0.25) is 0 Å². The van der Waals surface area contributed by atoms with Crippen molar-refractivity contribution in [1.29, 1.82) is 0 Å². The van der Waals surface area contributed by atoms with Gasteiger partial charge in [-0.15, -0.1) is 17.0 Å². The molecule has 3 aromatic rings. The van der Waals surface area contributed by atoms with Crippen molar-refractivity contribution < 1.29 is 9.53 Å². The van der Waals surface area contributed by atoms with Crippen LogP contribution < -0.4 is 16.4 Å². The normalized spacial score (nSPS) is 10.6. The molecule has 204 valence electrons. The number of nitrogens with two attached hydrogens (primary N) is 1. The largest absolute Gasteiger partial charge is 0.444 e. The molecule has 0 saturated heterocycles. The minimum Gasteiger partial charge on any atom is -0.444 e. The number of amides is 1. The predicted octanol–water partition coefficient (Wildman–Crippen LogP) is 6.11. The average molecular weight is 600 g/mol. The third-order valence-corrected chi connectivity index (χ3v) is 5.46. The van der Waals surface area contributed by atoms with Crippen LogP contribution in [0.15, 0.2) is 96.0 Å². The van der Waals surface area contributed by atoms with Gasteiger partial charge in [0.1, 0.15) is 5.60 Å². The van der Waals surface area contributed by atoms with E-state index in [4.69, 9.17) is 10.5 Å². The molecule has 0 aromatic heterocycles. The Kier molecular flexibility index (Phi) is 15.4. The number of hydrogen-bond acceptors (Lipinski definition) is 6. The molecule has 0 atom stereocenters. The van der Waals surface area contributed by atoms with E-state index in [-0.39, 0.29) is 17.0 Å². The van der Waals surface area contributed by atoms with Crippen LogP contribution in [0.3, 0.4) is 0 Å². The zero-order valence-corrected chi connectivity index (χ0v) is 24.9. The van der Waals surface area contributed by atoms with E-state index >= 15 is 0 Å². The summed E-state index contributed by atoms with van der Waals surface area (Å²) in [4.78, 5) is 14.8. The summed E-state index contributed by atoms with van der Waals surface area (Å²) in [5.41, 5.74) is 8.60. The zero-order valence-electron chi connectivity index (χ0n) is 22.4. The minimum absolute atomic E-state index is 0. The number of thiocarbonyl (C=S) groups is 1. The highest BCUT2D eigenvalue weighted by atomic mass is 79.9. The molecule has 0 radical (unpaired) electrons. The van der Waals surface area contributed by atoms with E-state index in [2.05, 4.69) is 106 Å². The Balaban J connectivity index is 0.000000420. The van der Waals surface area contributed by atoms with E-state index < -0.39 is 17.2 Å². The van der Waals surface area contributed by atoms with Crippen LogP contribution >= 0.6 is 29.2 Å². The molecule has 3 rings (SSSR count). The monoisotopic (exact) mass is 598 g/mol. The van der Waals surface area contributed by atoms with Crippen molar-refractivity contribution in [2.24, 2.45) is 10.7 Å². The number of carbonyl (C=O) groups is 1. The third kappa shape index (κ3) is 10.9. The van der Waals surface area contributed by atoms with Crippen LogP contribution in [0.25, 0.3) is 0 Å². The molecule has 0 aliphatic carbocycles. The second-order valence-corrected chi connectivity index (χ2v) is 9.50. The SMILES string of the molecule is Br.CC(C)(C)OC(=O)NCCCN=C=S.NCCNC(c1ccccc1)(c1ccccc1)c1ccccc1. The Morgan fingerprint density at radius 2 is 1.32 bits per heavy atom. The van der Waals surface area contributed by atoms with E-state index in [0.29, 0.717) is 19.6 Å². The molecule has 0 spiro atoms. The summed E-state index contributed by atoms with van der Waals surface area (Å²) in [6.45, 7) is 7.91. The number of halogens is 1. The second-order valence-electron chi connectivity index (χ2n) is 9.32. The summed E-state index contributed by atoms with van der Waals surface area (Å²) in [6.07, 6.45) is 0.340. The molecule has 4 N–H and O–H groups in total. The first-order valence-electron chi connectivity index (χ1n) is 12.5. The highest BCUT2D eigenvalue weighted by Crippen LogP contribution is 2.36. The maximum Gasteiger partial charge on any atom is 0.407 e. The Bertz CT molecular complexity index is 1010. The van der Waals surface area contributed by atoms with Crippen molar-refractivity contribution in [3.63, 3.8) is 0 Å². The van der Waals surface area contributed by atoms with Gasteiger partial charge in [-0.1, -0.05) is 91.0 Å². The van der Waals surface area contributed by atoms with Crippen LogP contribution in [0, 0.1) is 0 Å². The fraction of sp³-hybridized carbons (Fsp3) is 0.333. The Hall–Kier alpha value is -2.87. The van der Waals surface area contributed by atoms with E-state index in [1.165, 1.54) is 16.7 Å². The number of rotatable bonds is 10. The number of isothiocyanates is 1. The van der Waals surface area contributed by atoms with Gasteiger partial charge in [-0.3, -0.25) is 5.32 Å². The Labute approximate surface area is 242 Å². The Morgan fingerprint density at radius 1 is 0.868 bits per heavy atom. The van der Waals surface area contributed by atoms with Crippen LogP contribution in [0.5, 0.6) is 0 Å². The predicted molar refractivity (Wildman–Crippen MR) is 165 cm³/mol. The molecular formula is C30H39BrN4O2S. The van der Waals surface area contributed by atoms with Crippen molar-refractivity contribution in [3.8, 4) is 0 Å². The molecule has 38 heavy (non-hydrogen) atoms. The molecule has 3 aromatic carbocycles. The van der Waals surface area contributed by atoms with Gasteiger partial charge in [0, 0.05) is 19.6 Å². The average Bonchev–Trinajstić information content (AvgIpc) is 2.90. The van der Waals surface area contributed by atoms with E-state index in [9.17, 15) is 4.79 Å². The number of aliphatic imine (C=N–C) groups is 1. The minimum atomic E-state index is -0.448. The van der Waals surface area contributed by atoms with Crippen LogP contribution in [0.1, 0.15) is 43.9 Å². The number of alkyl carbamates (subject to hydrolysis) is 1. The molecule has 0 unspecified atom stereocenters. The lowest BCUT2D eigenvalue weighted by Gasteiger charge is -2.37. The fourth-order valence-corrected chi connectivity index (χ4v) is 3.93. The number of nitrogens with zero attached hydrogens (tertiary/aromatic N) is 1. The first kappa shape index (κ1) is 33.2. The maximum absolute atomic E-state index is 11.1. The quantitative estimate of drug-likeness (QED) is 0.113. The van der Waals surface area contributed by atoms with E-state index in [1.54, 1.807) is 0 Å². The zero-order chi connectivity index (χ0) is 27.0. The van der Waals surface area contributed by atoms with Gasteiger partial charge in [0.05, 0.1) is 17.2 Å². The maximum atomic E-state index is 11.1. The van der Waals surface area contributed by atoms with Crippen molar-refractivity contribution in [3.05, 3.63) is 108 Å². The van der Waals surface area contributed by atoms with Gasteiger partial charge in [0.2, 0.25) is 0 Å². The van der Waals surface area contributed by atoms with Crippen molar-refractivity contribution in [2.75, 3.05) is 26.2 Å². The molecule has 8 heteroatoms. The third-order valence-electron chi connectivity index (χ3n) is 5.33. The van der Waals surface area contributed by atoms with Gasteiger partial charge in [0.25, 0.3) is 0 Å². The lowest BCUT2D eigenvalue weighted by Crippen LogP contribution is -2.46. The van der Waals surface area contributed by atoms with E-state index in [0.717, 1.165) is 13.0 Å². The van der Waals surface area contributed by atoms with Gasteiger partial charge in [-0.25, -0.2) is 9.79 Å². The molecule has 0 fully saturated rings. The summed E-state index contributed by atoms with van der Waals surface area (Å²) in [7, 11) is 0. The molecule has 0 saturated carbocycles. The van der Waals surface area contributed by atoms with Gasteiger partial charge in [-0.05, 0) is 56.1 Å². The summed E-state index contributed by atoms with van der Waals surface area (Å²) >= 11 is 4.40. The van der Waals surface area contributed by atoms with Crippen LogP contribution in [0.4, 0.5) is 4.79 Å². The van der Waals surface area contributed by atoms with Crippen molar-refractivity contribution >= 4 is 40.5 Å². The molecule has 0 aliphatic heterocycles. The second kappa shape index (κ2) is 17.6. The number of ether oxygens (including phenoxy) is 1. The smallest absolute Gasteiger partial charge is 0.407 e. The number of carbonyl (C=O) groups excluding carboxylic acids is 1. The highest BCUT2D eigenvalue weighted by molar-refractivity contribution is 8.93. The Morgan fingerprint density at radius 3 is 1.68 bits per heavy atom. The van der Waals surface area contributed by atoms with Gasteiger partial charge in [0.15, 0.2) is 0 Å². The number of hydrogen-bond donors (Lipinski definition) is 3. The fourth-order valence-electron chi connectivity index (χ4n) is 3.84. The summed E-state index contributed by atoms with van der Waals surface area (Å²) in [5.74, 6) is 0. The topological polar surface area (TPSA) is 88.7 Å². The van der Waals surface area contributed by atoms with Crippen molar-refractivity contribution in [2.45, 2.75) is 38.3 Å². The number of nitrogens with one attached hydrogen (secondary N) is 2. The molecule has 6 nitrogen and oxygen atoms in total. The molecule has 1 amide bonds. The van der Waals surface area contributed by atoms with E-state index in [1.807, 2.05) is 39.0 Å². The van der Waals surface area contributed by atoms with Crippen molar-refractivity contribution in [1.82, 2.24) is 10.6 Å². The molecule has 0 bridgehead atoms. The molecular weight excluding hydrogens is 560 g/mol. The number of benzene rings is 3. The highest BCUT2D eigenvalue weighted by Gasteiger charge is 2.35. The lowest BCUT2D eigenvalue weighted by atomic mass is 9.77. The summed E-state index contributed by atoms with van der Waals surface area (Å²) < 4.78 is 5.03. The first-order valence-corrected chi connectivity index (χ1v) is 12.9. The van der Waals surface area contributed by atoms with Crippen LogP contribution in [-0.4, -0.2) is 43.0 Å². The van der Waals surface area contributed by atoms with Gasteiger partial charge >= 0.3 is 6.09 Å². The first-order chi connectivity index (χ1) is 17.8. The lowest BCUT2D eigenvalue weighted by molar-refractivity contribution is 0.0527. The molecule has 0 aliphatic rings.